The third-order valence-electron chi connectivity index (χ3n) is 4.40. The average Bonchev–Trinajstić information content (AvgIpc) is 2.51. The first-order valence-electron chi connectivity index (χ1n) is 8.09. The highest BCUT2D eigenvalue weighted by Crippen LogP contribution is 2.35. The topological polar surface area (TPSA) is 38.5 Å². The van der Waals surface area contributed by atoms with Crippen molar-refractivity contribution in [2.75, 3.05) is 19.7 Å². The minimum absolute atomic E-state index is 0.190. The van der Waals surface area contributed by atoms with Gasteiger partial charge in [0.25, 0.3) is 0 Å². The molecule has 21 heavy (non-hydrogen) atoms. The highest BCUT2D eigenvalue weighted by Gasteiger charge is 2.29. The largest absolute Gasteiger partial charge is 0.494 e. The van der Waals surface area contributed by atoms with Gasteiger partial charge in [-0.2, -0.15) is 0 Å². The zero-order valence-corrected chi connectivity index (χ0v) is 13.9. The van der Waals surface area contributed by atoms with Gasteiger partial charge in [0, 0.05) is 23.2 Å². The van der Waals surface area contributed by atoms with E-state index in [1.165, 1.54) is 25.7 Å². The molecule has 3 nitrogen and oxygen atoms in total. The normalized spacial score (nSPS) is 21.2. The second kappa shape index (κ2) is 8.02. The van der Waals surface area contributed by atoms with Crippen LogP contribution in [-0.2, 0) is 0 Å². The Balaban J connectivity index is 2.33. The molecule has 1 aromatic carbocycles. The molecule has 1 heterocycles. The van der Waals surface area contributed by atoms with Crippen molar-refractivity contribution in [2.24, 2.45) is 5.73 Å². The van der Waals surface area contributed by atoms with E-state index in [1.807, 2.05) is 25.1 Å². The van der Waals surface area contributed by atoms with Gasteiger partial charge in [-0.05, 0) is 50.9 Å². The molecule has 0 amide bonds. The number of likely N-dealkylation sites (tertiary alicyclic amines) is 1. The van der Waals surface area contributed by atoms with E-state index < -0.39 is 0 Å². The van der Waals surface area contributed by atoms with Crippen LogP contribution in [0.1, 0.15) is 51.1 Å². The van der Waals surface area contributed by atoms with Crippen molar-refractivity contribution < 1.29 is 4.74 Å². The number of nitrogens with two attached hydrogens (primary N) is 1. The number of halogens is 1. The summed E-state index contributed by atoms with van der Waals surface area (Å²) < 4.78 is 5.79. The van der Waals surface area contributed by atoms with Gasteiger partial charge in [0.1, 0.15) is 5.75 Å². The number of benzene rings is 1. The van der Waals surface area contributed by atoms with Crippen molar-refractivity contribution in [1.82, 2.24) is 4.90 Å². The summed E-state index contributed by atoms with van der Waals surface area (Å²) in [5, 5.41) is 0.747. The van der Waals surface area contributed by atoms with Crippen LogP contribution in [0.2, 0.25) is 5.02 Å². The molecule has 0 aromatic heterocycles. The van der Waals surface area contributed by atoms with E-state index >= 15 is 0 Å². The Hall–Kier alpha value is -0.770. The maximum Gasteiger partial charge on any atom is 0.124 e. The number of hydrogen-bond acceptors (Lipinski definition) is 3. The maximum absolute atomic E-state index is 6.21. The summed E-state index contributed by atoms with van der Waals surface area (Å²) >= 11 is 6.21. The van der Waals surface area contributed by atoms with Gasteiger partial charge < -0.3 is 10.5 Å². The molecular weight excluding hydrogens is 284 g/mol. The van der Waals surface area contributed by atoms with Crippen LogP contribution in [0.15, 0.2) is 18.2 Å². The molecule has 4 heteroatoms. The van der Waals surface area contributed by atoms with Gasteiger partial charge in [-0.25, -0.2) is 0 Å². The van der Waals surface area contributed by atoms with Gasteiger partial charge in [-0.15, -0.1) is 0 Å². The Morgan fingerprint density at radius 1 is 1.38 bits per heavy atom. The van der Waals surface area contributed by atoms with Crippen LogP contribution in [0.5, 0.6) is 5.75 Å². The van der Waals surface area contributed by atoms with Crippen LogP contribution in [0.25, 0.3) is 0 Å². The van der Waals surface area contributed by atoms with E-state index in [0.717, 1.165) is 22.9 Å². The Labute approximate surface area is 133 Å². The molecule has 0 aliphatic carbocycles. The molecular formula is C17H27ClN2O. The predicted octanol–water partition coefficient (Wildman–Crippen LogP) is 4.00. The third-order valence-corrected chi connectivity index (χ3v) is 4.63. The number of rotatable bonds is 6. The zero-order chi connectivity index (χ0) is 15.2. The first-order valence-corrected chi connectivity index (χ1v) is 8.47. The summed E-state index contributed by atoms with van der Waals surface area (Å²) in [7, 11) is 0. The van der Waals surface area contributed by atoms with Crippen molar-refractivity contribution in [3.63, 3.8) is 0 Å². The molecule has 0 spiro atoms. The standard InChI is InChI=1S/C17H27ClN2O/c1-3-14-7-5-6-10-20(14)16(12-19)15-11-13(18)8-9-17(15)21-4-2/h8-9,11,14,16H,3-7,10,12,19H2,1-2H3. The van der Waals surface area contributed by atoms with E-state index in [9.17, 15) is 0 Å². The molecule has 1 saturated heterocycles. The summed E-state index contributed by atoms with van der Waals surface area (Å²) in [6.45, 7) is 6.63. The lowest BCUT2D eigenvalue weighted by Crippen LogP contribution is -2.44. The molecule has 1 fully saturated rings. The van der Waals surface area contributed by atoms with E-state index in [-0.39, 0.29) is 6.04 Å². The molecule has 1 aromatic rings. The number of nitrogens with zero attached hydrogens (tertiary/aromatic N) is 1. The summed E-state index contributed by atoms with van der Waals surface area (Å²) in [5.41, 5.74) is 7.26. The molecule has 2 rings (SSSR count). The van der Waals surface area contributed by atoms with Gasteiger partial charge in [-0.3, -0.25) is 4.90 Å². The molecule has 1 aliphatic rings. The Bertz CT molecular complexity index is 452. The van der Waals surface area contributed by atoms with Crippen molar-refractivity contribution in [1.29, 1.82) is 0 Å². The van der Waals surface area contributed by atoms with E-state index in [4.69, 9.17) is 22.1 Å². The van der Waals surface area contributed by atoms with Gasteiger partial charge in [0.05, 0.1) is 12.6 Å². The lowest BCUT2D eigenvalue weighted by atomic mass is 9.94. The molecule has 118 valence electrons. The minimum Gasteiger partial charge on any atom is -0.494 e. The fourth-order valence-electron chi connectivity index (χ4n) is 3.38. The van der Waals surface area contributed by atoms with Gasteiger partial charge in [0.2, 0.25) is 0 Å². The highest BCUT2D eigenvalue weighted by molar-refractivity contribution is 6.30. The molecule has 2 unspecified atom stereocenters. The van der Waals surface area contributed by atoms with Crippen LogP contribution >= 0.6 is 11.6 Å². The van der Waals surface area contributed by atoms with Crippen LogP contribution in [0.3, 0.4) is 0 Å². The Kier molecular flexibility index (Phi) is 6.34. The quantitative estimate of drug-likeness (QED) is 0.863. The Morgan fingerprint density at radius 3 is 2.86 bits per heavy atom. The Morgan fingerprint density at radius 2 is 2.19 bits per heavy atom. The van der Waals surface area contributed by atoms with Crippen molar-refractivity contribution in [2.45, 2.75) is 51.6 Å². The van der Waals surface area contributed by atoms with Crippen LogP contribution in [0.4, 0.5) is 0 Å². The second-order valence-corrected chi connectivity index (χ2v) is 6.10. The summed E-state index contributed by atoms with van der Waals surface area (Å²) in [5.74, 6) is 0.915. The van der Waals surface area contributed by atoms with Crippen molar-refractivity contribution >= 4 is 11.6 Å². The molecule has 0 radical (unpaired) electrons. The van der Waals surface area contributed by atoms with Gasteiger partial charge in [-0.1, -0.05) is 24.9 Å². The van der Waals surface area contributed by atoms with Crippen molar-refractivity contribution in [3.05, 3.63) is 28.8 Å². The number of ether oxygens (including phenoxy) is 1. The molecule has 2 atom stereocenters. The van der Waals surface area contributed by atoms with E-state index in [2.05, 4.69) is 11.8 Å². The summed E-state index contributed by atoms with van der Waals surface area (Å²) in [6, 6.07) is 6.67. The molecule has 0 bridgehead atoms. The minimum atomic E-state index is 0.190. The van der Waals surface area contributed by atoms with Gasteiger partial charge >= 0.3 is 0 Å². The van der Waals surface area contributed by atoms with Gasteiger partial charge in [0.15, 0.2) is 0 Å². The molecule has 0 saturated carbocycles. The first kappa shape index (κ1) is 16.6. The fourth-order valence-corrected chi connectivity index (χ4v) is 3.56. The predicted molar refractivity (Wildman–Crippen MR) is 89.1 cm³/mol. The van der Waals surface area contributed by atoms with Crippen LogP contribution in [0, 0.1) is 0 Å². The number of hydrogen-bond donors (Lipinski definition) is 1. The van der Waals surface area contributed by atoms with Crippen molar-refractivity contribution in [3.8, 4) is 5.75 Å². The molecule has 2 N–H and O–H groups in total. The van der Waals surface area contributed by atoms with Crippen LogP contribution < -0.4 is 10.5 Å². The summed E-state index contributed by atoms with van der Waals surface area (Å²) in [4.78, 5) is 2.55. The fraction of sp³-hybridized carbons (Fsp3) is 0.647. The molecule has 1 aliphatic heterocycles. The zero-order valence-electron chi connectivity index (χ0n) is 13.1. The highest BCUT2D eigenvalue weighted by atomic mass is 35.5. The monoisotopic (exact) mass is 310 g/mol. The van der Waals surface area contributed by atoms with E-state index in [0.29, 0.717) is 19.2 Å². The smallest absolute Gasteiger partial charge is 0.124 e. The summed E-state index contributed by atoms with van der Waals surface area (Å²) in [6.07, 6.45) is 5.00. The lowest BCUT2D eigenvalue weighted by Gasteiger charge is -2.41. The van der Waals surface area contributed by atoms with E-state index in [1.54, 1.807) is 0 Å². The maximum atomic E-state index is 6.21. The average molecular weight is 311 g/mol. The first-order chi connectivity index (χ1) is 10.2. The third kappa shape index (κ3) is 3.91. The second-order valence-electron chi connectivity index (χ2n) is 5.66. The van der Waals surface area contributed by atoms with Crippen LogP contribution in [-0.4, -0.2) is 30.6 Å². The SMILES string of the molecule is CCOc1ccc(Cl)cc1C(CN)N1CCCCC1CC. The lowest BCUT2D eigenvalue weighted by molar-refractivity contribution is 0.0931. The number of piperidine rings is 1.